The van der Waals surface area contributed by atoms with Gasteiger partial charge >= 0.3 is 0 Å². The third-order valence-electron chi connectivity index (χ3n) is 4.96. The zero-order valence-corrected chi connectivity index (χ0v) is 14.2. The number of carbonyl (C=O) groups is 1. The Labute approximate surface area is 129 Å². The first-order chi connectivity index (χ1) is 9.96. The Morgan fingerprint density at radius 2 is 2.10 bits per heavy atom. The van der Waals surface area contributed by atoms with E-state index >= 15 is 0 Å². The highest BCUT2D eigenvalue weighted by Crippen LogP contribution is 2.32. The van der Waals surface area contributed by atoms with Crippen LogP contribution in [-0.4, -0.2) is 60.1 Å². The molecule has 2 fully saturated rings. The van der Waals surface area contributed by atoms with Gasteiger partial charge in [0.05, 0.1) is 5.60 Å². The van der Waals surface area contributed by atoms with E-state index in [1.807, 2.05) is 11.8 Å². The molecule has 2 rings (SSSR count). The zero-order valence-electron chi connectivity index (χ0n) is 14.2. The van der Waals surface area contributed by atoms with E-state index in [2.05, 4.69) is 25.7 Å². The Kier molecular flexibility index (Phi) is 5.67. The molecule has 0 aliphatic carbocycles. The molecular formula is C17H32N2O2. The number of hydrogen-bond acceptors (Lipinski definition) is 3. The van der Waals surface area contributed by atoms with E-state index in [0.717, 1.165) is 38.4 Å². The number of amides is 1. The van der Waals surface area contributed by atoms with Crippen molar-refractivity contribution in [2.24, 2.45) is 5.92 Å². The third kappa shape index (κ3) is 4.19. The molecule has 2 aliphatic heterocycles. The van der Waals surface area contributed by atoms with Gasteiger partial charge in [-0.1, -0.05) is 13.8 Å². The van der Waals surface area contributed by atoms with Gasteiger partial charge in [-0.25, -0.2) is 0 Å². The summed E-state index contributed by atoms with van der Waals surface area (Å²) < 4.78 is 6.20. The van der Waals surface area contributed by atoms with Crippen LogP contribution < -0.4 is 0 Å². The largest absolute Gasteiger partial charge is 0.360 e. The first-order valence-corrected chi connectivity index (χ1v) is 8.65. The molecule has 1 spiro atoms. The van der Waals surface area contributed by atoms with Crippen molar-refractivity contribution in [2.45, 2.75) is 65.1 Å². The van der Waals surface area contributed by atoms with Gasteiger partial charge in [0.15, 0.2) is 0 Å². The second kappa shape index (κ2) is 7.10. The Morgan fingerprint density at radius 1 is 1.33 bits per heavy atom. The lowest BCUT2D eigenvalue weighted by Gasteiger charge is -2.44. The summed E-state index contributed by atoms with van der Waals surface area (Å²) in [7, 11) is 0. The van der Waals surface area contributed by atoms with Crippen LogP contribution in [0.2, 0.25) is 0 Å². The fourth-order valence-electron chi connectivity index (χ4n) is 3.58. The van der Waals surface area contributed by atoms with Crippen molar-refractivity contribution in [1.29, 1.82) is 0 Å². The van der Waals surface area contributed by atoms with Gasteiger partial charge in [-0.2, -0.15) is 0 Å². The third-order valence-corrected chi connectivity index (χ3v) is 4.96. The number of morpholine rings is 1. The average Bonchev–Trinajstić information content (AvgIpc) is 2.63. The predicted molar refractivity (Wildman–Crippen MR) is 85.3 cm³/mol. The van der Waals surface area contributed by atoms with Crippen molar-refractivity contribution in [3.05, 3.63) is 0 Å². The first-order valence-electron chi connectivity index (χ1n) is 8.65. The van der Waals surface area contributed by atoms with Crippen LogP contribution in [0.4, 0.5) is 0 Å². The van der Waals surface area contributed by atoms with Gasteiger partial charge in [-0.3, -0.25) is 4.79 Å². The van der Waals surface area contributed by atoms with Crippen molar-refractivity contribution in [1.82, 2.24) is 9.80 Å². The van der Waals surface area contributed by atoms with Gasteiger partial charge in [0.1, 0.15) is 6.10 Å². The van der Waals surface area contributed by atoms with Crippen LogP contribution in [0.15, 0.2) is 0 Å². The molecule has 0 aromatic rings. The minimum atomic E-state index is -0.277. The number of likely N-dealkylation sites (N-methyl/N-ethyl adjacent to an activating group) is 1. The average molecular weight is 296 g/mol. The van der Waals surface area contributed by atoms with Crippen molar-refractivity contribution < 1.29 is 9.53 Å². The van der Waals surface area contributed by atoms with Crippen molar-refractivity contribution in [2.75, 3.05) is 32.7 Å². The summed E-state index contributed by atoms with van der Waals surface area (Å²) in [6.45, 7) is 13.6. The minimum absolute atomic E-state index is 0.101. The van der Waals surface area contributed by atoms with E-state index in [4.69, 9.17) is 4.74 Å². The maximum absolute atomic E-state index is 12.1. The first kappa shape index (κ1) is 16.8. The summed E-state index contributed by atoms with van der Waals surface area (Å²) in [6.07, 6.45) is 4.31. The molecule has 0 N–H and O–H groups in total. The highest BCUT2D eigenvalue weighted by atomic mass is 16.5. The molecule has 0 unspecified atom stereocenters. The molecule has 0 saturated carbocycles. The second-order valence-corrected chi connectivity index (χ2v) is 7.17. The fraction of sp³-hybridized carbons (Fsp3) is 0.941. The van der Waals surface area contributed by atoms with Gasteiger partial charge in [0, 0.05) is 19.6 Å². The van der Waals surface area contributed by atoms with E-state index in [-0.39, 0.29) is 17.6 Å². The van der Waals surface area contributed by atoms with E-state index < -0.39 is 0 Å². The SMILES string of the molecule is CCN1C[C@@]2(CCCN(CCC(C)C)CC2)O[C@@H](C)C1=O. The molecular weight excluding hydrogens is 264 g/mol. The number of nitrogens with zero attached hydrogens (tertiary/aromatic N) is 2. The normalized spacial score (nSPS) is 32.0. The topological polar surface area (TPSA) is 32.8 Å². The highest BCUT2D eigenvalue weighted by molar-refractivity contribution is 5.81. The minimum Gasteiger partial charge on any atom is -0.360 e. The molecule has 4 nitrogen and oxygen atoms in total. The van der Waals surface area contributed by atoms with Gasteiger partial charge in [0.25, 0.3) is 5.91 Å². The number of hydrogen-bond donors (Lipinski definition) is 0. The standard InChI is InChI=1S/C17H32N2O2/c1-5-19-13-17(21-15(4)16(19)20)8-6-10-18(12-9-17)11-7-14(2)3/h14-15H,5-13H2,1-4H3/t15-,17-/m0/s1. The van der Waals surface area contributed by atoms with Crippen LogP contribution in [0.5, 0.6) is 0 Å². The smallest absolute Gasteiger partial charge is 0.251 e. The Bertz CT molecular complexity index is 359. The molecule has 2 aliphatic rings. The summed E-state index contributed by atoms with van der Waals surface area (Å²) in [5, 5.41) is 0. The summed E-state index contributed by atoms with van der Waals surface area (Å²) in [4.78, 5) is 16.7. The molecule has 0 radical (unpaired) electrons. The lowest BCUT2D eigenvalue weighted by molar-refractivity contribution is -0.182. The van der Waals surface area contributed by atoms with Crippen LogP contribution >= 0.6 is 0 Å². The Balaban J connectivity index is 1.96. The van der Waals surface area contributed by atoms with Crippen molar-refractivity contribution in [3.8, 4) is 0 Å². The van der Waals surface area contributed by atoms with Crippen LogP contribution in [0.1, 0.15) is 53.4 Å². The predicted octanol–water partition coefficient (Wildman–Crippen LogP) is 2.52. The van der Waals surface area contributed by atoms with E-state index in [1.54, 1.807) is 0 Å². The monoisotopic (exact) mass is 296 g/mol. The van der Waals surface area contributed by atoms with Gasteiger partial charge in [-0.05, 0) is 58.5 Å². The Hall–Kier alpha value is -0.610. The Morgan fingerprint density at radius 3 is 2.76 bits per heavy atom. The molecule has 2 heterocycles. The quantitative estimate of drug-likeness (QED) is 0.799. The molecule has 0 aromatic heterocycles. The van der Waals surface area contributed by atoms with E-state index in [0.29, 0.717) is 0 Å². The summed E-state index contributed by atoms with van der Waals surface area (Å²) in [6, 6.07) is 0. The molecule has 1 amide bonds. The lowest BCUT2D eigenvalue weighted by atomic mass is 9.91. The van der Waals surface area contributed by atoms with Crippen LogP contribution in [0, 0.1) is 5.92 Å². The molecule has 0 aromatic carbocycles. The second-order valence-electron chi connectivity index (χ2n) is 7.17. The molecule has 21 heavy (non-hydrogen) atoms. The van der Waals surface area contributed by atoms with E-state index in [1.165, 1.54) is 25.9 Å². The van der Waals surface area contributed by atoms with Gasteiger partial charge in [-0.15, -0.1) is 0 Å². The number of carbonyl (C=O) groups excluding carboxylic acids is 1. The van der Waals surface area contributed by atoms with E-state index in [9.17, 15) is 4.79 Å². The number of ether oxygens (including phenoxy) is 1. The molecule has 122 valence electrons. The van der Waals surface area contributed by atoms with Crippen molar-refractivity contribution >= 4 is 5.91 Å². The summed E-state index contributed by atoms with van der Waals surface area (Å²) in [5.74, 6) is 0.922. The number of rotatable bonds is 4. The summed E-state index contributed by atoms with van der Waals surface area (Å²) in [5.41, 5.74) is -0.101. The molecule has 2 atom stereocenters. The molecule has 0 bridgehead atoms. The van der Waals surface area contributed by atoms with Gasteiger partial charge < -0.3 is 14.5 Å². The zero-order chi connectivity index (χ0) is 15.5. The summed E-state index contributed by atoms with van der Waals surface area (Å²) >= 11 is 0. The molecule has 4 heteroatoms. The van der Waals surface area contributed by atoms with Gasteiger partial charge in [0.2, 0.25) is 0 Å². The fourth-order valence-corrected chi connectivity index (χ4v) is 3.58. The maximum Gasteiger partial charge on any atom is 0.251 e. The van der Waals surface area contributed by atoms with Crippen LogP contribution in [-0.2, 0) is 9.53 Å². The van der Waals surface area contributed by atoms with Crippen LogP contribution in [0.25, 0.3) is 0 Å². The highest BCUT2D eigenvalue weighted by Gasteiger charge is 2.43. The lowest BCUT2D eigenvalue weighted by Crippen LogP contribution is -2.58. The van der Waals surface area contributed by atoms with Crippen molar-refractivity contribution in [3.63, 3.8) is 0 Å². The maximum atomic E-state index is 12.1. The number of likely N-dealkylation sites (tertiary alicyclic amines) is 1. The van der Waals surface area contributed by atoms with Crippen LogP contribution in [0.3, 0.4) is 0 Å². The molecule has 2 saturated heterocycles.